The molecule has 146 valence electrons. The molecule has 0 atom stereocenters. The number of carbonyl (C=O) groups is 1. The standard InChI is InChI=1S/C19H20ClN5O2S/c1-12-18(28-13(2)23-12)16-7-8-17(26)25(24-16)10-9-21-19(27)22-11-14-3-5-15(20)6-4-14/h3-8H,9-11H2,1-2H3,(H2,21,22,27). The summed E-state index contributed by atoms with van der Waals surface area (Å²) < 4.78 is 1.35. The molecule has 7 nitrogen and oxygen atoms in total. The minimum absolute atomic E-state index is 0.217. The molecule has 0 aliphatic carbocycles. The smallest absolute Gasteiger partial charge is 0.315 e. The molecule has 0 radical (unpaired) electrons. The number of amides is 2. The van der Waals surface area contributed by atoms with Crippen LogP contribution in [0.3, 0.4) is 0 Å². The Bertz CT molecular complexity index is 1030. The summed E-state index contributed by atoms with van der Waals surface area (Å²) in [5.74, 6) is 0. The predicted octanol–water partition coefficient (Wildman–Crippen LogP) is 3.14. The molecule has 0 aliphatic heterocycles. The third-order valence-electron chi connectivity index (χ3n) is 3.98. The lowest BCUT2D eigenvalue weighted by Gasteiger charge is -2.09. The zero-order chi connectivity index (χ0) is 20.1. The van der Waals surface area contributed by atoms with Gasteiger partial charge in [0.2, 0.25) is 0 Å². The molecule has 9 heteroatoms. The van der Waals surface area contributed by atoms with Gasteiger partial charge in [0, 0.05) is 24.2 Å². The van der Waals surface area contributed by atoms with Gasteiger partial charge in [-0.2, -0.15) is 5.10 Å². The fraction of sp³-hybridized carbons (Fsp3) is 0.263. The molecular formula is C19H20ClN5O2S. The molecule has 1 aromatic carbocycles. The average Bonchev–Trinajstić information content (AvgIpc) is 3.01. The Kier molecular flexibility index (Phi) is 6.43. The largest absolute Gasteiger partial charge is 0.336 e. The average molecular weight is 418 g/mol. The van der Waals surface area contributed by atoms with Crippen molar-refractivity contribution in [1.29, 1.82) is 0 Å². The van der Waals surface area contributed by atoms with Crippen molar-refractivity contribution in [2.24, 2.45) is 0 Å². The first-order chi connectivity index (χ1) is 13.4. The van der Waals surface area contributed by atoms with Crippen LogP contribution in [0.25, 0.3) is 10.6 Å². The first-order valence-electron chi connectivity index (χ1n) is 8.71. The maximum absolute atomic E-state index is 12.1. The number of benzene rings is 1. The summed E-state index contributed by atoms with van der Waals surface area (Å²) in [5.41, 5.74) is 2.32. The fourth-order valence-electron chi connectivity index (χ4n) is 2.62. The van der Waals surface area contributed by atoms with E-state index in [4.69, 9.17) is 11.6 Å². The van der Waals surface area contributed by atoms with Gasteiger partial charge in [-0.05, 0) is 37.6 Å². The summed E-state index contributed by atoms with van der Waals surface area (Å²) in [6, 6.07) is 10.1. The summed E-state index contributed by atoms with van der Waals surface area (Å²) in [4.78, 5) is 29.3. The quantitative estimate of drug-likeness (QED) is 0.644. The van der Waals surface area contributed by atoms with Gasteiger partial charge in [0.1, 0.15) is 5.69 Å². The Morgan fingerprint density at radius 1 is 1.14 bits per heavy atom. The molecule has 3 aromatic rings. The van der Waals surface area contributed by atoms with Crippen molar-refractivity contribution >= 4 is 29.0 Å². The lowest BCUT2D eigenvalue weighted by atomic mass is 10.2. The lowest BCUT2D eigenvalue weighted by molar-refractivity contribution is 0.240. The monoisotopic (exact) mass is 417 g/mol. The molecule has 2 heterocycles. The summed E-state index contributed by atoms with van der Waals surface area (Å²) in [6.45, 7) is 4.80. The van der Waals surface area contributed by atoms with Crippen molar-refractivity contribution in [2.75, 3.05) is 6.54 Å². The highest BCUT2D eigenvalue weighted by molar-refractivity contribution is 7.15. The van der Waals surface area contributed by atoms with Crippen LogP contribution >= 0.6 is 22.9 Å². The van der Waals surface area contributed by atoms with E-state index in [2.05, 4.69) is 20.7 Å². The normalized spacial score (nSPS) is 10.7. The second kappa shape index (κ2) is 8.99. The second-order valence-electron chi connectivity index (χ2n) is 6.16. The molecular weight excluding hydrogens is 398 g/mol. The van der Waals surface area contributed by atoms with E-state index in [0.717, 1.165) is 21.1 Å². The number of hydrogen-bond acceptors (Lipinski definition) is 5. The Morgan fingerprint density at radius 2 is 1.89 bits per heavy atom. The number of rotatable bonds is 6. The van der Waals surface area contributed by atoms with Crippen molar-refractivity contribution in [3.63, 3.8) is 0 Å². The van der Waals surface area contributed by atoms with Crippen molar-refractivity contribution in [1.82, 2.24) is 25.4 Å². The van der Waals surface area contributed by atoms with Crippen molar-refractivity contribution in [2.45, 2.75) is 26.9 Å². The Balaban J connectivity index is 1.54. The van der Waals surface area contributed by atoms with E-state index in [1.54, 1.807) is 18.2 Å². The molecule has 2 amide bonds. The fourth-order valence-corrected chi connectivity index (χ4v) is 3.63. The van der Waals surface area contributed by atoms with Crippen molar-refractivity contribution in [3.05, 3.63) is 68.0 Å². The molecule has 0 aliphatic rings. The molecule has 2 N–H and O–H groups in total. The van der Waals surface area contributed by atoms with Gasteiger partial charge in [0.05, 0.1) is 22.1 Å². The second-order valence-corrected chi connectivity index (χ2v) is 7.80. The summed E-state index contributed by atoms with van der Waals surface area (Å²) >= 11 is 7.38. The molecule has 0 saturated heterocycles. The SMILES string of the molecule is Cc1nc(C)c(-c2ccc(=O)n(CCNC(=O)NCc3ccc(Cl)cc3)n2)s1. The van der Waals surface area contributed by atoms with Crippen LogP contribution in [-0.4, -0.2) is 27.3 Å². The van der Waals surface area contributed by atoms with E-state index in [-0.39, 0.29) is 24.7 Å². The molecule has 0 bridgehead atoms. The molecule has 0 spiro atoms. The van der Waals surface area contributed by atoms with E-state index < -0.39 is 0 Å². The van der Waals surface area contributed by atoms with E-state index >= 15 is 0 Å². The van der Waals surface area contributed by atoms with Gasteiger partial charge in [0.15, 0.2) is 0 Å². The first-order valence-corrected chi connectivity index (χ1v) is 9.90. The Morgan fingerprint density at radius 3 is 2.57 bits per heavy atom. The maximum atomic E-state index is 12.1. The molecule has 3 rings (SSSR count). The maximum Gasteiger partial charge on any atom is 0.315 e. The number of carbonyl (C=O) groups excluding carboxylic acids is 1. The minimum Gasteiger partial charge on any atom is -0.336 e. The Hall–Kier alpha value is -2.71. The van der Waals surface area contributed by atoms with E-state index in [1.165, 1.54) is 22.1 Å². The summed E-state index contributed by atoms with van der Waals surface area (Å²) in [5, 5.41) is 11.5. The number of aryl methyl sites for hydroxylation is 2. The van der Waals surface area contributed by atoms with Crippen LogP contribution in [0, 0.1) is 13.8 Å². The first kappa shape index (κ1) is 20.0. The number of hydrogen-bond donors (Lipinski definition) is 2. The van der Waals surface area contributed by atoms with Gasteiger partial charge in [-0.15, -0.1) is 11.3 Å². The van der Waals surface area contributed by atoms with Gasteiger partial charge in [-0.1, -0.05) is 23.7 Å². The third-order valence-corrected chi connectivity index (χ3v) is 5.33. The van der Waals surface area contributed by atoms with E-state index in [0.29, 0.717) is 17.3 Å². The van der Waals surface area contributed by atoms with Gasteiger partial charge in [-0.3, -0.25) is 4.79 Å². The highest BCUT2D eigenvalue weighted by atomic mass is 35.5. The van der Waals surface area contributed by atoms with Crippen LogP contribution < -0.4 is 16.2 Å². The van der Waals surface area contributed by atoms with Crippen LogP contribution in [0.4, 0.5) is 4.79 Å². The van der Waals surface area contributed by atoms with Crippen molar-refractivity contribution in [3.8, 4) is 10.6 Å². The van der Waals surface area contributed by atoms with Crippen LogP contribution in [0.1, 0.15) is 16.3 Å². The molecule has 28 heavy (non-hydrogen) atoms. The number of urea groups is 1. The van der Waals surface area contributed by atoms with Crippen LogP contribution in [0.5, 0.6) is 0 Å². The van der Waals surface area contributed by atoms with Crippen molar-refractivity contribution < 1.29 is 4.79 Å². The summed E-state index contributed by atoms with van der Waals surface area (Å²) in [7, 11) is 0. The minimum atomic E-state index is -0.312. The lowest BCUT2D eigenvalue weighted by Crippen LogP contribution is -2.38. The summed E-state index contributed by atoms with van der Waals surface area (Å²) in [6.07, 6.45) is 0. The third kappa shape index (κ3) is 5.17. The van der Waals surface area contributed by atoms with E-state index in [9.17, 15) is 9.59 Å². The number of nitrogens with one attached hydrogen (secondary N) is 2. The number of aromatic nitrogens is 3. The number of halogens is 1. The molecule has 2 aromatic heterocycles. The van der Waals surface area contributed by atoms with Gasteiger partial charge < -0.3 is 10.6 Å². The molecule has 0 unspecified atom stereocenters. The van der Waals surface area contributed by atoms with Gasteiger partial charge in [0.25, 0.3) is 5.56 Å². The predicted molar refractivity (Wildman–Crippen MR) is 111 cm³/mol. The zero-order valence-corrected chi connectivity index (χ0v) is 17.1. The molecule has 0 saturated carbocycles. The van der Waals surface area contributed by atoms with Gasteiger partial charge in [-0.25, -0.2) is 14.5 Å². The molecule has 0 fully saturated rings. The van der Waals surface area contributed by atoms with Crippen LogP contribution in [0.15, 0.2) is 41.2 Å². The topological polar surface area (TPSA) is 88.9 Å². The highest BCUT2D eigenvalue weighted by Gasteiger charge is 2.11. The van der Waals surface area contributed by atoms with Gasteiger partial charge >= 0.3 is 6.03 Å². The van der Waals surface area contributed by atoms with Crippen LogP contribution in [-0.2, 0) is 13.1 Å². The zero-order valence-electron chi connectivity index (χ0n) is 15.5. The number of nitrogens with zero attached hydrogens (tertiary/aromatic N) is 3. The highest BCUT2D eigenvalue weighted by Crippen LogP contribution is 2.27. The van der Waals surface area contributed by atoms with Crippen LogP contribution in [0.2, 0.25) is 5.02 Å². The Labute approximate surface area is 171 Å². The van der Waals surface area contributed by atoms with E-state index in [1.807, 2.05) is 26.0 Å². The number of thiazole rings is 1.